The van der Waals surface area contributed by atoms with Crippen molar-refractivity contribution in [3.8, 4) is 10.6 Å². The molecule has 2 aromatic rings. The highest BCUT2D eigenvalue weighted by Gasteiger charge is 2.04. The van der Waals surface area contributed by atoms with E-state index in [2.05, 4.69) is 21.4 Å². The Morgan fingerprint density at radius 3 is 3.00 bits per heavy atom. The van der Waals surface area contributed by atoms with E-state index in [0.717, 1.165) is 16.3 Å². The van der Waals surface area contributed by atoms with Crippen molar-refractivity contribution in [2.45, 2.75) is 6.92 Å². The second-order valence-electron chi connectivity index (χ2n) is 3.41. The summed E-state index contributed by atoms with van der Waals surface area (Å²) in [7, 11) is 0. The van der Waals surface area contributed by atoms with Crippen LogP contribution in [-0.2, 0) is 0 Å². The number of rotatable bonds is 4. The highest BCUT2D eigenvalue weighted by Crippen LogP contribution is 2.23. The molecule has 0 aliphatic carbocycles. The highest BCUT2D eigenvalue weighted by molar-refractivity contribution is 7.13. The normalized spacial score (nSPS) is 10.4. The predicted molar refractivity (Wildman–Crippen MR) is 67.6 cm³/mol. The first kappa shape index (κ1) is 11.0. The quantitative estimate of drug-likeness (QED) is 0.848. The van der Waals surface area contributed by atoms with Crippen molar-refractivity contribution in [1.29, 1.82) is 0 Å². The van der Waals surface area contributed by atoms with Gasteiger partial charge < -0.3 is 11.1 Å². The number of nitrogens with two attached hydrogens (primary N) is 1. The van der Waals surface area contributed by atoms with Gasteiger partial charge >= 0.3 is 0 Å². The molecule has 0 fully saturated rings. The van der Waals surface area contributed by atoms with Gasteiger partial charge in [0.15, 0.2) is 0 Å². The van der Waals surface area contributed by atoms with Crippen LogP contribution in [0.4, 0.5) is 5.95 Å². The summed E-state index contributed by atoms with van der Waals surface area (Å²) < 4.78 is 0. The van der Waals surface area contributed by atoms with Gasteiger partial charge in [0.25, 0.3) is 0 Å². The standard InChI is InChI=1S/C11H14N4S/c1-8-7-9(10-3-2-6-16-10)15-11(14-8)13-5-4-12/h2-3,6-7H,4-5,12H2,1H3,(H,13,14,15). The minimum absolute atomic E-state index is 0.575. The molecule has 2 heterocycles. The molecule has 4 nitrogen and oxygen atoms in total. The second-order valence-corrected chi connectivity index (χ2v) is 4.36. The summed E-state index contributed by atoms with van der Waals surface area (Å²) in [6.07, 6.45) is 0. The Kier molecular flexibility index (Phi) is 3.48. The zero-order valence-corrected chi connectivity index (χ0v) is 9.92. The zero-order valence-electron chi connectivity index (χ0n) is 9.10. The molecular weight excluding hydrogens is 220 g/mol. The Hall–Kier alpha value is -1.46. The number of thiophene rings is 1. The van der Waals surface area contributed by atoms with Crippen LogP contribution in [0.2, 0.25) is 0 Å². The van der Waals surface area contributed by atoms with Gasteiger partial charge in [0.1, 0.15) is 0 Å². The lowest BCUT2D eigenvalue weighted by molar-refractivity contribution is 0.981. The minimum Gasteiger partial charge on any atom is -0.353 e. The van der Waals surface area contributed by atoms with Crippen LogP contribution in [0, 0.1) is 6.92 Å². The molecule has 5 heteroatoms. The first-order valence-corrected chi connectivity index (χ1v) is 6.01. The molecule has 0 amide bonds. The third-order valence-corrected chi connectivity index (χ3v) is 2.95. The zero-order chi connectivity index (χ0) is 11.4. The summed E-state index contributed by atoms with van der Waals surface area (Å²) in [4.78, 5) is 9.91. The number of aryl methyl sites for hydroxylation is 1. The Balaban J connectivity index is 2.29. The Morgan fingerprint density at radius 2 is 2.31 bits per heavy atom. The molecule has 16 heavy (non-hydrogen) atoms. The van der Waals surface area contributed by atoms with Crippen molar-refractivity contribution < 1.29 is 0 Å². The van der Waals surface area contributed by atoms with E-state index < -0.39 is 0 Å². The molecular formula is C11H14N4S. The average Bonchev–Trinajstić information content (AvgIpc) is 2.79. The number of nitrogens with zero attached hydrogens (tertiary/aromatic N) is 2. The maximum absolute atomic E-state index is 5.43. The number of hydrogen-bond donors (Lipinski definition) is 2. The topological polar surface area (TPSA) is 63.8 Å². The third-order valence-electron chi connectivity index (χ3n) is 2.06. The number of anilines is 1. The summed E-state index contributed by atoms with van der Waals surface area (Å²) in [5.74, 6) is 0.647. The van der Waals surface area contributed by atoms with Crippen LogP contribution in [0.1, 0.15) is 5.69 Å². The molecule has 84 valence electrons. The second kappa shape index (κ2) is 5.05. The lowest BCUT2D eigenvalue weighted by Gasteiger charge is -2.05. The van der Waals surface area contributed by atoms with Crippen LogP contribution in [0.15, 0.2) is 23.6 Å². The van der Waals surface area contributed by atoms with Crippen LogP contribution < -0.4 is 11.1 Å². The van der Waals surface area contributed by atoms with E-state index in [4.69, 9.17) is 5.73 Å². The summed E-state index contributed by atoms with van der Waals surface area (Å²) in [5.41, 5.74) is 7.35. The van der Waals surface area contributed by atoms with Gasteiger partial charge in [-0.15, -0.1) is 11.3 Å². The molecule has 0 unspecified atom stereocenters. The summed E-state index contributed by atoms with van der Waals surface area (Å²) >= 11 is 1.67. The molecule has 2 rings (SSSR count). The highest BCUT2D eigenvalue weighted by atomic mass is 32.1. The van der Waals surface area contributed by atoms with Gasteiger partial charge in [-0.25, -0.2) is 9.97 Å². The SMILES string of the molecule is Cc1cc(-c2cccs2)nc(NCCN)n1. The van der Waals surface area contributed by atoms with Gasteiger partial charge in [0, 0.05) is 18.8 Å². The number of hydrogen-bond acceptors (Lipinski definition) is 5. The molecule has 0 saturated carbocycles. The largest absolute Gasteiger partial charge is 0.353 e. The van der Waals surface area contributed by atoms with Crippen LogP contribution in [0.5, 0.6) is 0 Å². The monoisotopic (exact) mass is 234 g/mol. The molecule has 0 aliphatic heterocycles. The van der Waals surface area contributed by atoms with Gasteiger partial charge in [-0.1, -0.05) is 6.07 Å². The molecule has 0 bridgehead atoms. The predicted octanol–water partition coefficient (Wildman–Crippen LogP) is 1.88. The number of nitrogens with one attached hydrogen (secondary N) is 1. The van der Waals surface area contributed by atoms with Gasteiger partial charge in [0.05, 0.1) is 10.6 Å². The van der Waals surface area contributed by atoms with E-state index in [1.807, 2.05) is 24.4 Å². The summed E-state index contributed by atoms with van der Waals surface area (Å²) in [6, 6.07) is 6.06. The average molecular weight is 234 g/mol. The van der Waals surface area contributed by atoms with Crippen LogP contribution >= 0.6 is 11.3 Å². The fourth-order valence-corrected chi connectivity index (χ4v) is 2.07. The molecule has 0 saturated heterocycles. The van der Waals surface area contributed by atoms with E-state index in [1.54, 1.807) is 11.3 Å². The van der Waals surface area contributed by atoms with E-state index in [0.29, 0.717) is 19.0 Å². The van der Waals surface area contributed by atoms with E-state index >= 15 is 0 Å². The Morgan fingerprint density at radius 1 is 1.44 bits per heavy atom. The lowest BCUT2D eigenvalue weighted by Crippen LogP contribution is -2.15. The van der Waals surface area contributed by atoms with Gasteiger partial charge in [0.2, 0.25) is 5.95 Å². The van der Waals surface area contributed by atoms with Crippen LogP contribution in [0.3, 0.4) is 0 Å². The maximum Gasteiger partial charge on any atom is 0.223 e. The fourth-order valence-electron chi connectivity index (χ4n) is 1.38. The van der Waals surface area contributed by atoms with Crippen LogP contribution in [-0.4, -0.2) is 23.1 Å². The fraction of sp³-hybridized carbons (Fsp3) is 0.273. The molecule has 0 radical (unpaired) electrons. The van der Waals surface area contributed by atoms with Crippen molar-refractivity contribution >= 4 is 17.3 Å². The lowest BCUT2D eigenvalue weighted by atomic mass is 10.3. The molecule has 0 spiro atoms. The van der Waals surface area contributed by atoms with Gasteiger partial charge in [-0.3, -0.25) is 0 Å². The van der Waals surface area contributed by atoms with Crippen LogP contribution in [0.25, 0.3) is 10.6 Å². The molecule has 0 aliphatic rings. The number of aromatic nitrogens is 2. The third kappa shape index (κ3) is 2.56. The molecule has 3 N–H and O–H groups in total. The van der Waals surface area contributed by atoms with Gasteiger partial charge in [-0.2, -0.15) is 0 Å². The molecule has 0 atom stereocenters. The van der Waals surface area contributed by atoms with Crippen molar-refractivity contribution in [2.75, 3.05) is 18.4 Å². The van der Waals surface area contributed by atoms with Crippen molar-refractivity contribution in [3.63, 3.8) is 0 Å². The van der Waals surface area contributed by atoms with Crippen molar-refractivity contribution in [1.82, 2.24) is 9.97 Å². The summed E-state index contributed by atoms with van der Waals surface area (Å²) in [6.45, 7) is 3.23. The van der Waals surface area contributed by atoms with E-state index in [9.17, 15) is 0 Å². The maximum atomic E-state index is 5.43. The first-order valence-electron chi connectivity index (χ1n) is 5.13. The first-order chi connectivity index (χ1) is 7.79. The van der Waals surface area contributed by atoms with E-state index in [-0.39, 0.29) is 0 Å². The van der Waals surface area contributed by atoms with Crippen molar-refractivity contribution in [2.24, 2.45) is 5.73 Å². The Labute approximate surface area is 98.6 Å². The van der Waals surface area contributed by atoms with E-state index in [1.165, 1.54) is 0 Å². The smallest absolute Gasteiger partial charge is 0.223 e. The molecule has 0 aromatic carbocycles. The van der Waals surface area contributed by atoms with Crippen molar-refractivity contribution in [3.05, 3.63) is 29.3 Å². The minimum atomic E-state index is 0.575. The summed E-state index contributed by atoms with van der Waals surface area (Å²) in [5, 5.41) is 5.14. The Bertz CT molecular complexity index is 453. The van der Waals surface area contributed by atoms with Gasteiger partial charge in [-0.05, 0) is 24.4 Å². The molecule has 2 aromatic heterocycles.